The molecule has 1 atom stereocenters. The van der Waals surface area contributed by atoms with Crippen LogP contribution in [0.5, 0.6) is 0 Å². The quantitative estimate of drug-likeness (QED) is 0.0921. The molecule has 1 aliphatic heterocycles. The summed E-state index contributed by atoms with van der Waals surface area (Å²) in [6, 6.07) is 16.1. The number of benzene rings is 2. The molecule has 1 saturated heterocycles. The predicted molar refractivity (Wildman–Crippen MR) is 139 cm³/mol. The summed E-state index contributed by atoms with van der Waals surface area (Å²) in [7, 11) is 0. The molecule has 0 spiro atoms. The SMILES string of the molecule is O=C1C(=O)N(c2nnc(SCc3ccccc3F)s2)C(c2cccs2)/C1=C(/O)c1ccc(Br)cc1. The zero-order chi connectivity index (χ0) is 24.5. The first-order valence-corrected chi connectivity index (χ1v) is 13.7. The van der Waals surface area contributed by atoms with Crippen molar-refractivity contribution in [2.45, 2.75) is 16.1 Å². The van der Waals surface area contributed by atoms with E-state index < -0.39 is 17.7 Å². The summed E-state index contributed by atoms with van der Waals surface area (Å²) in [5, 5.41) is 21.4. The second-order valence-electron chi connectivity index (χ2n) is 7.42. The Morgan fingerprint density at radius 2 is 1.86 bits per heavy atom. The Morgan fingerprint density at radius 1 is 1.09 bits per heavy atom. The van der Waals surface area contributed by atoms with E-state index in [-0.39, 0.29) is 22.3 Å². The summed E-state index contributed by atoms with van der Waals surface area (Å²) >= 11 is 7.15. The van der Waals surface area contributed by atoms with Crippen molar-refractivity contribution in [1.29, 1.82) is 0 Å². The summed E-state index contributed by atoms with van der Waals surface area (Å²) in [6.07, 6.45) is 0. The van der Waals surface area contributed by atoms with Crippen LogP contribution >= 0.6 is 50.4 Å². The Balaban J connectivity index is 1.51. The Hall–Kier alpha value is -2.86. The first-order chi connectivity index (χ1) is 16.9. The number of hydrogen-bond donors (Lipinski definition) is 1. The lowest BCUT2D eigenvalue weighted by molar-refractivity contribution is -0.132. The largest absolute Gasteiger partial charge is 0.507 e. The lowest BCUT2D eigenvalue weighted by Crippen LogP contribution is -2.29. The molecule has 35 heavy (non-hydrogen) atoms. The first-order valence-electron chi connectivity index (χ1n) is 10.2. The average molecular weight is 589 g/mol. The number of aliphatic hydroxyl groups excluding tert-OH is 1. The minimum absolute atomic E-state index is 0.00414. The molecule has 1 unspecified atom stereocenters. The maximum atomic E-state index is 14.0. The van der Waals surface area contributed by atoms with Crippen LogP contribution in [0.1, 0.15) is 22.0 Å². The van der Waals surface area contributed by atoms with Crippen LogP contribution in [0.25, 0.3) is 5.76 Å². The van der Waals surface area contributed by atoms with Gasteiger partial charge in [0, 0.05) is 20.7 Å². The third-order valence-corrected chi connectivity index (χ3v) is 8.84. The number of aromatic nitrogens is 2. The van der Waals surface area contributed by atoms with Crippen molar-refractivity contribution in [3.8, 4) is 0 Å². The number of aliphatic hydroxyl groups is 1. The highest BCUT2D eigenvalue weighted by Crippen LogP contribution is 2.45. The second kappa shape index (κ2) is 10.0. The molecular formula is C24H15BrFN3O3S3. The number of carbonyl (C=O) groups excluding carboxylic acids is 2. The van der Waals surface area contributed by atoms with E-state index in [9.17, 15) is 19.1 Å². The minimum atomic E-state index is -0.837. The van der Waals surface area contributed by atoms with Crippen LogP contribution in [0, 0.1) is 5.82 Å². The Morgan fingerprint density at radius 3 is 2.57 bits per heavy atom. The van der Waals surface area contributed by atoms with Crippen molar-refractivity contribution in [3.05, 3.63) is 97.9 Å². The van der Waals surface area contributed by atoms with Crippen molar-refractivity contribution in [2.24, 2.45) is 0 Å². The van der Waals surface area contributed by atoms with Gasteiger partial charge in [0.15, 0.2) is 4.34 Å². The van der Waals surface area contributed by atoms with E-state index in [2.05, 4.69) is 26.1 Å². The number of hydrogen-bond acceptors (Lipinski definition) is 8. The number of anilines is 1. The van der Waals surface area contributed by atoms with Gasteiger partial charge in [0.2, 0.25) is 5.13 Å². The Bertz CT molecular complexity index is 1440. The molecule has 1 amide bonds. The molecule has 2 aromatic carbocycles. The van der Waals surface area contributed by atoms with Gasteiger partial charge in [-0.15, -0.1) is 21.5 Å². The molecule has 2 aromatic heterocycles. The minimum Gasteiger partial charge on any atom is -0.507 e. The third kappa shape index (κ3) is 4.68. The van der Waals surface area contributed by atoms with Crippen LogP contribution < -0.4 is 4.90 Å². The number of halogens is 2. The van der Waals surface area contributed by atoms with Crippen LogP contribution in [-0.4, -0.2) is 27.0 Å². The standard InChI is InChI=1S/C24H15BrFN3O3S3/c25-15-9-7-13(8-10-15)20(30)18-19(17-6-3-11-33-17)29(22(32)21(18)31)23-27-28-24(35-23)34-12-14-4-1-2-5-16(14)26/h1-11,19,30H,12H2/b20-18-. The second-order valence-corrected chi connectivity index (χ2v) is 11.5. The number of thioether (sulfide) groups is 1. The maximum Gasteiger partial charge on any atom is 0.301 e. The normalized spacial score (nSPS) is 17.3. The molecule has 176 valence electrons. The molecule has 5 rings (SSSR count). The van der Waals surface area contributed by atoms with Gasteiger partial charge in [-0.3, -0.25) is 14.5 Å². The van der Waals surface area contributed by atoms with E-state index in [1.54, 1.807) is 48.5 Å². The highest BCUT2D eigenvalue weighted by molar-refractivity contribution is 9.10. The average Bonchev–Trinajstić information content (AvgIpc) is 3.60. The number of nitrogens with zero attached hydrogens (tertiary/aromatic N) is 3. The molecule has 0 saturated carbocycles. The molecule has 3 heterocycles. The molecule has 11 heteroatoms. The fourth-order valence-electron chi connectivity index (χ4n) is 3.62. The fourth-order valence-corrected chi connectivity index (χ4v) is 6.56. The van der Waals surface area contributed by atoms with Crippen molar-refractivity contribution in [2.75, 3.05) is 4.90 Å². The monoisotopic (exact) mass is 587 g/mol. The smallest absolute Gasteiger partial charge is 0.301 e. The molecule has 0 bridgehead atoms. The number of carbonyl (C=O) groups is 2. The van der Waals surface area contributed by atoms with Gasteiger partial charge in [-0.1, -0.05) is 75.4 Å². The summed E-state index contributed by atoms with van der Waals surface area (Å²) in [6.45, 7) is 0. The number of amides is 1. The summed E-state index contributed by atoms with van der Waals surface area (Å²) in [4.78, 5) is 28.3. The van der Waals surface area contributed by atoms with Gasteiger partial charge in [-0.05, 0) is 35.2 Å². The van der Waals surface area contributed by atoms with Gasteiger partial charge in [0.1, 0.15) is 17.6 Å². The van der Waals surface area contributed by atoms with E-state index in [0.717, 1.165) is 15.8 Å². The van der Waals surface area contributed by atoms with Gasteiger partial charge < -0.3 is 5.11 Å². The third-order valence-electron chi connectivity index (χ3n) is 5.29. The zero-order valence-electron chi connectivity index (χ0n) is 17.7. The van der Waals surface area contributed by atoms with E-state index in [4.69, 9.17) is 0 Å². The number of Topliss-reactive ketones (excluding diaryl/α,β-unsaturated/α-hetero) is 1. The van der Waals surface area contributed by atoms with Gasteiger partial charge in [-0.2, -0.15) is 0 Å². The van der Waals surface area contributed by atoms with Crippen molar-refractivity contribution >= 4 is 72.9 Å². The van der Waals surface area contributed by atoms with Crippen LogP contribution in [0.2, 0.25) is 0 Å². The van der Waals surface area contributed by atoms with Gasteiger partial charge >= 0.3 is 5.91 Å². The van der Waals surface area contributed by atoms with Crippen molar-refractivity contribution < 1.29 is 19.1 Å². The molecule has 1 N–H and O–H groups in total. The van der Waals surface area contributed by atoms with E-state index in [0.29, 0.717) is 26.1 Å². The summed E-state index contributed by atoms with van der Waals surface area (Å²) in [5.41, 5.74) is 0.949. The van der Waals surface area contributed by atoms with Crippen LogP contribution in [-0.2, 0) is 15.3 Å². The number of thiophene rings is 1. The van der Waals surface area contributed by atoms with Gasteiger partial charge in [0.05, 0.1) is 5.57 Å². The summed E-state index contributed by atoms with van der Waals surface area (Å²) < 4.78 is 15.3. The lowest BCUT2D eigenvalue weighted by atomic mass is 10.00. The van der Waals surface area contributed by atoms with Crippen molar-refractivity contribution in [3.63, 3.8) is 0 Å². The lowest BCUT2D eigenvalue weighted by Gasteiger charge is -2.20. The van der Waals surface area contributed by atoms with E-state index in [1.165, 1.54) is 34.1 Å². The molecule has 4 aromatic rings. The van der Waals surface area contributed by atoms with Gasteiger partial charge in [-0.25, -0.2) is 4.39 Å². The first kappa shape index (κ1) is 23.9. The molecule has 0 aliphatic carbocycles. The number of rotatable bonds is 6. The van der Waals surface area contributed by atoms with Crippen LogP contribution in [0.3, 0.4) is 0 Å². The Kier molecular flexibility index (Phi) is 6.83. The van der Waals surface area contributed by atoms with Crippen LogP contribution in [0.15, 0.2) is 80.4 Å². The van der Waals surface area contributed by atoms with E-state index >= 15 is 0 Å². The van der Waals surface area contributed by atoms with Crippen LogP contribution in [0.4, 0.5) is 9.52 Å². The van der Waals surface area contributed by atoms with E-state index in [1.807, 2.05) is 11.4 Å². The van der Waals surface area contributed by atoms with Crippen molar-refractivity contribution in [1.82, 2.24) is 10.2 Å². The number of ketones is 1. The summed E-state index contributed by atoms with van der Waals surface area (Å²) in [5.74, 6) is -1.79. The maximum absolute atomic E-state index is 14.0. The molecule has 6 nitrogen and oxygen atoms in total. The zero-order valence-corrected chi connectivity index (χ0v) is 21.8. The molecule has 1 aliphatic rings. The highest BCUT2D eigenvalue weighted by Gasteiger charge is 2.48. The van der Waals surface area contributed by atoms with Gasteiger partial charge in [0.25, 0.3) is 5.78 Å². The highest BCUT2D eigenvalue weighted by atomic mass is 79.9. The molecule has 1 fully saturated rings. The molecule has 0 radical (unpaired) electrons. The topological polar surface area (TPSA) is 83.4 Å². The fraction of sp³-hybridized carbons (Fsp3) is 0.0833. The molecular weight excluding hydrogens is 573 g/mol. The predicted octanol–water partition coefficient (Wildman–Crippen LogP) is 6.42. The Labute approximate surface area is 220 Å².